The Balaban J connectivity index is 2.44. The summed E-state index contributed by atoms with van der Waals surface area (Å²) in [6.07, 6.45) is -1.55. The van der Waals surface area contributed by atoms with Crippen molar-refractivity contribution in [2.24, 2.45) is 5.73 Å². The molecule has 0 amide bonds. The van der Waals surface area contributed by atoms with E-state index in [1.807, 2.05) is 6.92 Å². The molecule has 0 aliphatic carbocycles. The molecule has 0 spiro atoms. The molecular formula is C8H16F2N2. The van der Waals surface area contributed by atoms with Crippen molar-refractivity contribution in [1.29, 1.82) is 0 Å². The Bertz CT molecular complexity index is 142. The fourth-order valence-corrected chi connectivity index (χ4v) is 1.50. The average molecular weight is 178 g/mol. The molecule has 1 fully saturated rings. The molecule has 0 aromatic rings. The van der Waals surface area contributed by atoms with Crippen molar-refractivity contribution in [3.05, 3.63) is 0 Å². The topological polar surface area (TPSA) is 29.3 Å². The highest BCUT2D eigenvalue weighted by molar-refractivity contribution is 4.92. The summed E-state index contributed by atoms with van der Waals surface area (Å²) in [4.78, 5) is 2.15. The minimum atomic E-state index is -2.38. The number of hydrogen-bond donors (Lipinski definition) is 1. The maximum absolute atomic E-state index is 12.4. The summed E-state index contributed by atoms with van der Waals surface area (Å²) >= 11 is 0. The number of likely N-dealkylation sites (tertiary alicyclic amines) is 1. The summed E-state index contributed by atoms with van der Waals surface area (Å²) in [5.74, 6) is 0. The number of piperidine rings is 1. The molecule has 12 heavy (non-hydrogen) atoms. The number of alkyl halides is 2. The highest BCUT2D eigenvalue weighted by atomic mass is 19.3. The van der Waals surface area contributed by atoms with Crippen LogP contribution in [0.15, 0.2) is 0 Å². The van der Waals surface area contributed by atoms with Crippen LogP contribution in [-0.2, 0) is 0 Å². The van der Waals surface area contributed by atoms with Crippen LogP contribution >= 0.6 is 0 Å². The first-order valence-corrected chi connectivity index (χ1v) is 4.38. The molecule has 2 N–H and O–H groups in total. The summed E-state index contributed by atoms with van der Waals surface area (Å²) in [7, 11) is 0. The Labute approximate surface area is 71.7 Å². The summed E-state index contributed by atoms with van der Waals surface area (Å²) in [5.41, 5.74) is 4.33. The molecule has 72 valence electrons. The Morgan fingerprint density at radius 3 is 2.25 bits per heavy atom. The lowest BCUT2D eigenvalue weighted by molar-refractivity contribution is 0.0130. The van der Waals surface area contributed by atoms with Crippen LogP contribution < -0.4 is 5.73 Å². The second kappa shape index (κ2) is 3.66. The SMILES string of the molecule is CCN1CCC(N)(C(F)F)CC1. The number of nitrogens with two attached hydrogens (primary N) is 1. The standard InChI is InChI=1S/C8H16F2N2/c1-2-12-5-3-8(11,4-6-12)7(9)10/h7H,2-6,11H2,1H3. The summed E-state index contributed by atoms with van der Waals surface area (Å²) < 4.78 is 24.8. The maximum atomic E-state index is 12.4. The van der Waals surface area contributed by atoms with E-state index in [0.717, 1.165) is 6.54 Å². The molecule has 1 rings (SSSR count). The van der Waals surface area contributed by atoms with Crippen LogP contribution in [0.3, 0.4) is 0 Å². The van der Waals surface area contributed by atoms with E-state index in [9.17, 15) is 8.78 Å². The lowest BCUT2D eigenvalue weighted by Gasteiger charge is -2.37. The van der Waals surface area contributed by atoms with Gasteiger partial charge in [-0.25, -0.2) is 8.78 Å². The van der Waals surface area contributed by atoms with Crippen LogP contribution in [0.25, 0.3) is 0 Å². The van der Waals surface area contributed by atoms with Gasteiger partial charge in [-0.15, -0.1) is 0 Å². The number of rotatable bonds is 2. The third-order valence-corrected chi connectivity index (χ3v) is 2.67. The first kappa shape index (κ1) is 9.86. The molecule has 1 aliphatic heterocycles. The fourth-order valence-electron chi connectivity index (χ4n) is 1.50. The van der Waals surface area contributed by atoms with Gasteiger partial charge in [0.05, 0.1) is 5.54 Å². The first-order chi connectivity index (χ1) is 5.58. The number of hydrogen-bond acceptors (Lipinski definition) is 2. The predicted octanol–water partition coefficient (Wildman–Crippen LogP) is 1.06. The van der Waals surface area contributed by atoms with Crippen LogP contribution in [0.5, 0.6) is 0 Å². The largest absolute Gasteiger partial charge is 0.320 e. The normalized spacial score (nSPS) is 24.8. The lowest BCUT2D eigenvalue weighted by atomic mass is 9.89. The molecule has 0 aromatic carbocycles. The Hall–Kier alpha value is -0.220. The van der Waals surface area contributed by atoms with Crippen LogP contribution in [0.4, 0.5) is 8.78 Å². The Kier molecular flexibility index (Phi) is 3.01. The van der Waals surface area contributed by atoms with Gasteiger partial charge >= 0.3 is 0 Å². The molecule has 0 bridgehead atoms. The number of nitrogens with zero attached hydrogens (tertiary/aromatic N) is 1. The fraction of sp³-hybridized carbons (Fsp3) is 1.00. The molecule has 1 saturated heterocycles. The smallest absolute Gasteiger partial charge is 0.256 e. The van der Waals surface area contributed by atoms with E-state index in [1.165, 1.54) is 0 Å². The van der Waals surface area contributed by atoms with Gasteiger partial charge in [0.2, 0.25) is 0 Å². The third-order valence-electron chi connectivity index (χ3n) is 2.67. The van der Waals surface area contributed by atoms with Crippen LogP contribution in [-0.4, -0.2) is 36.5 Å². The molecule has 1 aliphatic rings. The van der Waals surface area contributed by atoms with Gasteiger partial charge in [-0.3, -0.25) is 0 Å². The molecule has 4 heteroatoms. The van der Waals surface area contributed by atoms with Gasteiger partial charge in [0.1, 0.15) is 0 Å². The van der Waals surface area contributed by atoms with Gasteiger partial charge in [0, 0.05) is 13.1 Å². The van der Waals surface area contributed by atoms with Crippen molar-refractivity contribution < 1.29 is 8.78 Å². The van der Waals surface area contributed by atoms with E-state index in [4.69, 9.17) is 5.73 Å². The summed E-state index contributed by atoms with van der Waals surface area (Å²) in [6.45, 7) is 4.37. The van der Waals surface area contributed by atoms with Crippen molar-refractivity contribution in [3.8, 4) is 0 Å². The van der Waals surface area contributed by atoms with Gasteiger partial charge in [0.15, 0.2) is 0 Å². The molecule has 0 saturated carbocycles. The van der Waals surface area contributed by atoms with Crippen LogP contribution in [0.2, 0.25) is 0 Å². The van der Waals surface area contributed by atoms with Crippen molar-refractivity contribution in [2.75, 3.05) is 19.6 Å². The predicted molar refractivity (Wildman–Crippen MR) is 44.3 cm³/mol. The molecule has 0 aromatic heterocycles. The van der Waals surface area contributed by atoms with Crippen molar-refractivity contribution >= 4 is 0 Å². The quantitative estimate of drug-likeness (QED) is 0.685. The maximum Gasteiger partial charge on any atom is 0.256 e. The van der Waals surface area contributed by atoms with E-state index in [-0.39, 0.29) is 0 Å². The highest BCUT2D eigenvalue weighted by Crippen LogP contribution is 2.25. The summed E-state index contributed by atoms with van der Waals surface area (Å²) in [5, 5.41) is 0. The van der Waals surface area contributed by atoms with Gasteiger partial charge in [0.25, 0.3) is 6.43 Å². The monoisotopic (exact) mass is 178 g/mol. The third kappa shape index (κ3) is 1.93. The minimum absolute atomic E-state index is 0.415. The first-order valence-electron chi connectivity index (χ1n) is 4.38. The van der Waals surface area contributed by atoms with Crippen LogP contribution in [0.1, 0.15) is 19.8 Å². The van der Waals surface area contributed by atoms with Crippen molar-refractivity contribution in [1.82, 2.24) is 4.90 Å². The van der Waals surface area contributed by atoms with Crippen molar-refractivity contribution in [3.63, 3.8) is 0 Å². The number of halogens is 2. The lowest BCUT2D eigenvalue weighted by Crippen LogP contribution is -2.54. The van der Waals surface area contributed by atoms with Crippen LogP contribution in [0, 0.1) is 0 Å². The molecule has 0 unspecified atom stereocenters. The minimum Gasteiger partial charge on any atom is -0.320 e. The summed E-state index contributed by atoms with van der Waals surface area (Å²) in [6, 6.07) is 0. The average Bonchev–Trinajstić information content (AvgIpc) is 2.06. The van der Waals surface area contributed by atoms with E-state index >= 15 is 0 Å². The highest BCUT2D eigenvalue weighted by Gasteiger charge is 2.38. The van der Waals surface area contributed by atoms with Gasteiger partial charge in [-0.2, -0.15) is 0 Å². The Morgan fingerprint density at radius 1 is 1.42 bits per heavy atom. The zero-order valence-electron chi connectivity index (χ0n) is 7.39. The van der Waals surface area contributed by atoms with Crippen molar-refractivity contribution in [2.45, 2.75) is 31.7 Å². The van der Waals surface area contributed by atoms with Gasteiger partial charge in [-0.1, -0.05) is 6.92 Å². The van der Waals surface area contributed by atoms with Gasteiger partial charge in [-0.05, 0) is 19.4 Å². The molecule has 0 radical (unpaired) electrons. The molecule has 0 atom stereocenters. The zero-order valence-corrected chi connectivity index (χ0v) is 7.39. The van der Waals surface area contributed by atoms with E-state index in [1.54, 1.807) is 0 Å². The second-order valence-corrected chi connectivity index (χ2v) is 3.47. The van der Waals surface area contributed by atoms with Gasteiger partial charge < -0.3 is 10.6 Å². The van der Waals surface area contributed by atoms with E-state index in [2.05, 4.69) is 4.90 Å². The van der Waals surface area contributed by atoms with E-state index in [0.29, 0.717) is 25.9 Å². The molecule has 2 nitrogen and oxygen atoms in total. The Morgan fingerprint density at radius 2 is 1.92 bits per heavy atom. The molecular weight excluding hydrogens is 162 g/mol. The molecule has 1 heterocycles. The second-order valence-electron chi connectivity index (χ2n) is 3.47. The zero-order chi connectivity index (χ0) is 9.19. The van der Waals surface area contributed by atoms with E-state index < -0.39 is 12.0 Å².